The zero-order chi connectivity index (χ0) is 13.0. The number of hydrogen-bond donors (Lipinski definition) is 1. The van der Waals surface area contributed by atoms with Crippen LogP contribution < -0.4 is 10.6 Å². The number of halogens is 2. The number of anilines is 2. The zero-order valence-electron chi connectivity index (χ0n) is 9.87. The highest BCUT2D eigenvalue weighted by Crippen LogP contribution is 2.36. The van der Waals surface area contributed by atoms with E-state index in [1.165, 1.54) is 0 Å². The van der Waals surface area contributed by atoms with Crippen LogP contribution in [0.2, 0.25) is 10.0 Å². The van der Waals surface area contributed by atoms with Gasteiger partial charge in [0, 0.05) is 18.3 Å². The Morgan fingerprint density at radius 1 is 1.35 bits per heavy atom. The highest BCUT2D eigenvalue weighted by atomic mass is 35.5. The van der Waals surface area contributed by atoms with E-state index < -0.39 is 0 Å². The lowest BCUT2D eigenvalue weighted by Gasteiger charge is -2.30. The van der Waals surface area contributed by atoms with Crippen LogP contribution in [0.1, 0.15) is 20.3 Å². The van der Waals surface area contributed by atoms with Gasteiger partial charge in [0.25, 0.3) is 0 Å². The Kier molecular flexibility index (Phi) is 4.92. The Balaban J connectivity index is 3.14. The van der Waals surface area contributed by atoms with Crippen molar-refractivity contribution in [3.8, 4) is 6.07 Å². The molecule has 92 valence electrons. The Hall–Kier alpha value is -1.11. The van der Waals surface area contributed by atoms with Crippen molar-refractivity contribution >= 4 is 34.6 Å². The van der Waals surface area contributed by atoms with Crippen molar-refractivity contribution in [1.29, 1.82) is 5.26 Å². The van der Waals surface area contributed by atoms with E-state index in [2.05, 4.69) is 6.07 Å². The molecule has 0 amide bonds. The van der Waals surface area contributed by atoms with Crippen molar-refractivity contribution in [1.82, 2.24) is 0 Å². The lowest BCUT2D eigenvalue weighted by molar-refractivity contribution is 0.687. The molecule has 0 heterocycles. The monoisotopic (exact) mass is 271 g/mol. The Morgan fingerprint density at radius 3 is 2.29 bits per heavy atom. The maximum atomic E-state index is 8.66. The zero-order valence-corrected chi connectivity index (χ0v) is 11.4. The summed E-state index contributed by atoms with van der Waals surface area (Å²) in [6, 6.07) is 5.67. The van der Waals surface area contributed by atoms with Crippen LogP contribution in [-0.4, -0.2) is 12.6 Å². The van der Waals surface area contributed by atoms with E-state index >= 15 is 0 Å². The average Bonchev–Trinajstić information content (AvgIpc) is 2.20. The van der Waals surface area contributed by atoms with Gasteiger partial charge in [0.1, 0.15) is 0 Å². The molecule has 0 spiro atoms. The first kappa shape index (κ1) is 14.0. The highest BCUT2D eigenvalue weighted by Gasteiger charge is 2.17. The third-order valence-corrected chi connectivity index (χ3v) is 2.99. The molecule has 0 saturated heterocycles. The van der Waals surface area contributed by atoms with Gasteiger partial charge in [-0.3, -0.25) is 0 Å². The van der Waals surface area contributed by atoms with E-state index in [1.807, 2.05) is 18.7 Å². The van der Waals surface area contributed by atoms with Gasteiger partial charge in [-0.2, -0.15) is 5.26 Å². The van der Waals surface area contributed by atoms with E-state index in [0.717, 1.165) is 5.69 Å². The molecule has 1 rings (SSSR count). The molecule has 0 aliphatic carbocycles. The largest absolute Gasteiger partial charge is 0.399 e. The van der Waals surface area contributed by atoms with Crippen LogP contribution in [0.5, 0.6) is 0 Å². The maximum Gasteiger partial charge on any atom is 0.0749 e. The van der Waals surface area contributed by atoms with Gasteiger partial charge in [-0.05, 0) is 26.0 Å². The van der Waals surface area contributed by atoms with Crippen LogP contribution in [0, 0.1) is 11.3 Å². The van der Waals surface area contributed by atoms with Crippen molar-refractivity contribution in [3.05, 3.63) is 22.2 Å². The van der Waals surface area contributed by atoms with E-state index in [4.69, 9.17) is 34.2 Å². The van der Waals surface area contributed by atoms with Gasteiger partial charge < -0.3 is 10.6 Å². The molecule has 0 unspecified atom stereocenters. The molecule has 0 atom stereocenters. The van der Waals surface area contributed by atoms with Crippen molar-refractivity contribution in [2.45, 2.75) is 26.3 Å². The average molecular weight is 272 g/mol. The second-order valence-electron chi connectivity index (χ2n) is 4.03. The number of benzene rings is 1. The minimum Gasteiger partial charge on any atom is -0.399 e. The number of rotatable bonds is 4. The van der Waals surface area contributed by atoms with Gasteiger partial charge >= 0.3 is 0 Å². The second kappa shape index (κ2) is 6.00. The van der Waals surface area contributed by atoms with Gasteiger partial charge in [0.05, 0.1) is 28.2 Å². The van der Waals surface area contributed by atoms with Gasteiger partial charge in [-0.1, -0.05) is 23.2 Å². The fraction of sp³-hybridized carbons (Fsp3) is 0.417. The predicted octanol–water partition coefficient (Wildman–Crippen LogP) is 3.70. The summed E-state index contributed by atoms with van der Waals surface area (Å²) >= 11 is 12.3. The third kappa shape index (κ3) is 3.42. The SMILES string of the molecule is CC(C)N(CCC#N)c1c(Cl)cc(N)cc1Cl. The summed E-state index contributed by atoms with van der Waals surface area (Å²) in [7, 11) is 0. The summed E-state index contributed by atoms with van der Waals surface area (Å²) in [5, 5.41) is 9.69. The Morgan fingerprint density at radius 2 is 1.88 bits per heavy atom. The number of nitriles is 1. The summed E-state index contributed by atoms with van der Waals surface area (Å²) < 4.78 is 0. The second-order valence-corrected chi connectivity index (χ2v) is 4.84. The minimum atomic E-state index is 0.210. The number of hydrogen-bond acceptors (Lipinski definition) is 3. The Bertz CT molecular complexity index is 415. The fourth-order valence-electron chi connectivity index (χ4n) is 1.66. The van der Waals surface area contributed by atoms with E-state index in [0.29, 0.717) is 28.7 Å². The molecule has 0 bridgehead atoms. The first-order chi connectivity index (χ1) is 7.97. The summed E-state index contributed by atoms with van der Waals surface area (Å²) in [6.45, 7) is 4.65. The van der Waals surface area contributed by atoms with Gasteiger partial charge in [0.2, 0.25) is 0 Å². The van der Waals surface area contributed by atoms with E-state index in [-0.39, 0.29) is 6.04 Å². The molecule has 0 fully saturated rings. The number of nitrogens with two attached hydrogens (primary N) is 1. The third-order valence-electron chi connectivity index (χ3n) is 2.41. The predicted molar refractivity (Wildman–Crippen MR) is 73.6 cm³/mol. The van der Waals surface area contributed by atoms with Crippen LogP contribution in [-0.2, 0) is 0 Å². The lowest BCUT2D eigenvalue weighted by Crippen LogP contribution is -2.32. The van der Waals surface area contributed by atoms with Crippen LogP contribution in [0.4, 0.5) is 11.4 Å². The number of nitrogens with zero attached hydrogens (tertiary/aromatic N) is 2. The fourth-order valence-corrected chi connectivity index (χ4v) is 2.38. The smallest absolute Gasteiger partial charge is 0.0749 e. The van der Waals surface area contributed by atoms with Gasteiger partial charge in [-0.15, -0.1) is 0 Å². The summed E-state index contributed by atoms with van der Waals surface area (Å²) in [6.07, 6.45) is 0.426. The molecular formula is C12H15Cl2N3. The van der Waals surface area contributed by atoms with Gasteiger partial charge in [-0.25, -0.2) is 0 Å². The topological polar surface area (TPSA) is 53.0 Å². The van der Waals surface area contributed by atoms with E-state index in [9.17, 15) is 0 Å². The molecular weight excluding hydrogens is 257 g/mol. The molecule has 0 saturated carbocycles. The van der Waals surface area contributed by atoms with Crippen LogP contribution in [0.3, 0.4) is 0 Å². The maximum absolute atomic E-state index is 8.66. The molecule has 0 aromatic heterocycles. The van der Waals surface area contributed by atoms with Crippen molar-refractivity contribution in [2.24, 2.45) is 0 Å². The first-order valence-corrected chi connectivity index (χ1v) is 6.11. The van der Waals surface area contributed by atoms with Crippen molar-refractivity contribution in [3.63, 3.8) is 0 Å². The molecule has 0 radical (unpaired) electrons. The summed E-state index contributed by atoms with van der Waals surface area (Å²) in [4.78, 5) is 2.01. The molecule has 3 nitrogen and oxygen atoms in total. The molecule has 2 N–H and O–H groups in total. The quantitative estimate of drug-likeness (QED) is 0.850. The molecule has 17 heavy (non-hydrogen) atoms. The van der Waals surface area contributed by atoms with Gasteiger partial charge in [0.15, 0.2) is 0 Å². The molecule has 0 aliphatic rings. The standard InChI is InChI=1S/C12H15Cl2N3/c1-8(2)17(5-3-4-15)12-10(13)6-9(16)7-11(12)14/h6-8H,3,5,16H2,1-2H3. The molecule has 5 heteroatoms. The van der Waals surface area contributed by atoms with Crippen molar-refractivity contribution < 1.29 is 0 Å². The van der Waals surface area contributed by atoms with Crippen LogP contribution >= 0.6 is 23.2 Å². The van der Waals surface area contributed by atoms with Crippen LogP contribution in [0.15, 0.2) is 12.1 Å². The molecule has 0 aliphatic heterocycles. The normalized spacial score (nSPS) is 10.4. The van der Waals surface area contributed by atoms with Crippen LogP contribution in [0.25, 0.3) is 0 Å². The minimum absolute atomic E-state index is 0.210. The summed E-state index contributed by atoms with van der Waals surface area (Å²) in [5.74, 6) is 0. The molecule has 1 aromatic rings. The Labute approximate surface area is 112 Å². The first-order valence-electron chi connectivity index (χ1n) is 5.35. The van der Waals surface area contributed by atoms with E-state index in [1.54, 1.807) is 12.1 Å². The van der Waals surface area contributed by atoms with Crippen molar-refractivity contribution in [2.75, 3.05) is 17.2 Å². The molecule has 1 aromatic carbocycles. The summed E-state index contributed by atoms with van der Waals surface area (Å²) in [5.41, 5.74) is 6.94. The lowest BCUT2D eigenvalue weighted by atomic mass is 10.2. The number of nitrogen functional groups attached to an aromatic ring is 1. The highest BCUT2D eigenvalue weighted by molar-refractivity contribution is 6.39.